The smallest absolute Gasteiger partial charge is 0.133 e. The van der Waals surface area contributed by atoms with Crippen molar-refractivity contribution in [1.82, 2.24) is 5.32 Å². The second kappa shape index (κ2) is 6.68. The van der Waals surface area contributed by atoms with Crippen LogP contribution in [-0.4, -0.2) is 6.04 Å². The van der Waals surface area contributed by atoms with E-state index in [0.29, 0.717) is 23.6 Å². The highest BCUT2D eigenvalue weighted by Crippen LogP contribution is 2.29. The summed E-state index contributed by atoms with van der Waals surface area (Å²) in [4.78, 5) is 0. The van der Waals surface area contributed by atoms with Gasteiger partial charge >= 0.3 is 0 Å². The van der Waals surface area contributed by atoms with E-state index in [-0.39, 0.29) is 17.7 Å². The zero-order chi connectivity index (χ0) is 15.4. The van der Waals surface area contributed by atoms with Crippen molar-refractivity contribution < 1.29 is 13.5 Å². The predicted octanol–water partition coefficient (Wildman–Crippen LogP) is 4.56. The Balaban J connectivity index is 2.28. The van der Waals surface area contributed by atoms with Crippen molar-refractivity contribution in [2.75, 3.05) is 0 Å². The lowest BCUT2D eigenvalue weighted by molar-refractivity contribution is 0.458. The first kappa shape index (κ1) is 15.4. The Morgan fingerprint density at radius 3 is 2.38 bits per heavy atom. The van der Waals surface area contributed by atoms with Gasteiger partial charge in [0.15, 0.2) is 0 Å². The molecule has 0 saturated carbocycles. The molecule has 0 aliphatic carbocycles. The molecular weight excluding hydrogens is 272 g/mol. The van der Waals surface area contributed by atoms with Gasteiger partial charge in [0.05, 0.1) is 0 Å². The molecule has 0 aromatic heterocycles. The first-order chi connectivity index (χ1) is 9.95. The van der Waals surface area contributed by atoms with Crippen LogP contribution in [0.3, 0.4) is 0 Å². The van der Waals surface area contributed by atoms with Crippen LogP contribution in [0.2, 0.25) is 0 Å². The lowest BCUT2D eigenvalue weighted by Crippen LogP contribution is -2.22. The van der Waals surface area contributed by atoms with E-state index in [9.17, 15) is 8.78 Å². The Hall–Kier alpha value is -1.94. The van der Waals surface area contributed by atoms with Gasteiger partial charge < -0.3 is 10.1 Å². The Morgan fingerprint density at radius 2 is 1.67 bits per heavy atom. The fraction of sp³-hybridized carbons (Fsp3) is 0.294. The van der Waals surface area contributed by atoms with Crippen molar-refractivity contribution in [3.63, 3.8) is 0 Å². The van der Waals surface area contributed by atoms with Crippen molar-refractivity contribution in [1.29, 1.82) is 0 Å². The Labute approximate surface area is 123 Å². The number of ether oxygens (including phenoxy) is 1. The molecular formula is C17H19F2NO. The normalized spacial score (nSPS) is 11.0. The van der Waals surface area contributed by atoms with Crippen molar-refractivity contribution in [2.45, 2.75) is 33.4 Å². The summed E-state index contributed by atoms with van der Waals surface area (Å²) in [6.45, 7) is 6.34. The third-order valence-corrected chi connectivity index (χ3v) is 3.09. The van der Waals surface area contributed by atoms with E-state index >= 15 is 0 Å². The molecule has 1 N–H and O–H groups in total. The molecule has 2 nitrogen and oxygen atoms in total. The van der Waals surface area contributed by atoms with Gasteiger partial charge in [-0.25, -0.2) is 8.78 Å². The molecule has 0 saturated heterocycles. The van der Waals surface area contributed by atoms with Crippen LogP contribution in [0.25, 0.3) is 0 Å². The summed E-state index contributed by atoms with van der Waals surface area (Å²) in [7, 11) is 0. The van der Waals surface area contributed by atoms with E-state index < -0.39 is 0 Å². The maximum atomic E-state index is 13.4. The van der Waals surface area contributed by atoms with E-state index in [1.807, 2.05) is 20.8 Å². The molecule has 0 amide bonds. The van der Waals surface area contributed by atoms with Gasteiger partial charge in [0, 0.05) is 24.2 Å². The van der Waals surface area contributed by atoms with Crippen LogP contribution in [0.15, 0.2) is 36.4 Å². The SMILES string of the molecule is Cc1ccc(F)cc1Oc1ccc(F)cc1CNC(C)C. The summed E-state index contributed by atoms with van der Waals surface area (Å²) >= 11 is 0. The summed E-state index contributed by atoms with van der Waals surface area (Å²) in [5.41, 5.74) is 1.52. The minimum atomic E-state index is -0.362. The van der Waals surface area contributed by atoms with E-state index in [0.717, 1.165) is 5.56 Å². The second-order valence-electron chi connectivity index (χ2n) is 5.30. The third kappa shape index (κ3) is 4.26. The van der Waals surface area contributed by atoms with Gasteiger partial charge in [0.25, 0.3) is 0 Å². The Morgan fingerprint density at radius 1 is 1.00 bits per heavy atom. The van der Waals surface area contributed by atoms with Crippen LogP contribution in [0.5, 0.6) is 11.5 Å². The van der Waals surface area contributed by atoms with Crippen LogP contribution >= 0.6 is 0 Å². The number of hydrogen-bond acceptors (Lipinski definition) is 2. The molecule has 0 atom stereocenters. The first-order valence-electron chi connectivity index (χ1n) is 6.91. The molecule has 0 bridgehead atoms. The number of aryl methyl sites for hydroxylation is 1. The highest BCUT2D eigenvalue weighted by Gasteiger charge is 2.09. The summed E-state index contributed by atoms with van der Waals surface area (Å²) in [6.07, 6.45) is 0. The van der Waals surface area contributed by atoms with Crippen molar-refractivity contribution in [2.24, 2.45) is 0 Å². The fourth-order valence-electron chi connectivity index (χ4n) is 1.90. The van der Waals surface area contributed by atoms with Gasteiger partial charge in [0.2, 0.25) is 0 Å². The minimum Gasteiger partial charge on any atom is -0.457 e. The Kier molecular flexibility index (Phi) is 4.91. The molecule has 112 valence electrons. The zero-order valence-electron chi connectivity index (χ0n) is 12.4. The van der Waals surface area contributed by atoms with Crippen LogP contribution in [0.1, 0.15) is 25.0 Å². The van der Waals surface area contributed by atoms with E-state index in [4.69, 9.17) is 4.74 Å². The summed E-state index contributed by atoms with van der Waals surface area (Å²) < 4.78 is 32.5. The molecule has 0 spiro atoms. The molecule has 21 heavy (non-hydrogen) atoms. The number of benzene rings is 2. The standard InChI is InChI=1S/C17H19F2NO/c1-11(2)20-10-13-8-14(18)6-7-16(13)21-17-9-15(19)5-4-12(17)3/h4-9,11,20H,10H2,1-3H3. The molecule has 2 aromatic carbocycles. The molecule has 0 unspecified atom stereocenters. The summed E-state index contributed by atoms with van der Waals surface area (Å²) in [5, 5.41) is 3.22. The Bertz CT molecular complexity index is 626. The van der Waals surface area contributed by atoms with Gasteiger partial charge in [-0.15, -0.1) is 0 Å². The molecule has 0 fully saturated rings. The van der Waals surface area contributed by atoms with Gasteiger partial charge in [-0.1, -0.05) is 19.9 Å². The van der Waals surface area contributed by atoms with Crippen LogP contribution in [0, 0.1) is 18.6 Å². The first-order valence-corrected chi connectivity index (χ1v) is 6.91. The highest BCUT2D eigenvalue weighted by atomic mass is 19.1. The monoisotopic (exact) mass is 291 g/mol. The minimum absolute atomic E-state index is 0.275. The predicted molar refractivity (Wildman–Crippen MR) is 79.6 cm³/mol. The van der Waals surface area contributed by atoms with Gasteiger partial charge in [-0.05, 0) is 36.8 Å². The largest absolute Gasteiger partial charge is 0.457 e. The maximum Gasteiger partial charge on any atom is 0.133 e. The molecule has 2 rings (SSSR count). The van der Waals surface area contributed by atoms with Gasteiger partial charge in [-0.3, -0.25) is 0 Å². The molecule has 0 aliphatic rings. The van der Waals surface area contributed by atoms with Gasteiger partial charge in [0.1, 0.15) is 23.1 Å². The number of rotatable bonds is 5. The van der Waals surface area contributed by atoms with E-state index in [1.54, 1.807) is 12.1 Å². The molecule has 0 heterocycles. The van der Waals surface area contributed by atoms with Crippen LogP contribution in [-0.2, 0) is 6.54 Å². The zero-order valence-corrected chi connectivity index (χ0v) is 12.4. The van der Waals surface area contributed by atoms with Crippen molar-refractivity contribution in [3.8, 4) is 11.5 Å². The lowest BCUT2D eigenvalue weighted by atomic mass is 10.1. The average molecular weight is 291 g/mol. The summed E-state index contributed by atoms with van der Waals surface area (Å²) in [5.74, 6) is 0.282. The molecule has 0 radical (unpaired) electrons. The maximum absolute atomic E-state index is 13.4. The van der Waals surface area contributed by atoms with E-state index in [2.05, 4.69) is 5.32 Å². The molecule has 0 aliphatic heterocycles. The van der Waals surface area contributed by atoms with Crippen molar-refractivity contribution in [3.05, 3.63) is 59.2 Å². The molecule has 4 heteroatoms. The second-order valence-corrected chi connectivity index (χ2v) is 5.30. The number of halogens is 2. The highest BCUT2D eigenvalue weighted by molar-refractivity contribution is 5.41. The summed E-state index contributed by atoms with van der Waals surface area (Å²) in [6, 6.07) is 8.98. The average Bonchev–Trinajstić information content (AvgIpc) is 2.43. The quantitative estimate of drug-likeness (QED) is 0.871. The van der Waals surface area contributed by atoms with E-state index in [1.165, 1.54) is 24.3 Å². The van der Waals surface area contributed by atoms with Crippen molar-refractivity contribution >= 4 is 0 Å². The molecule has 2 aromatic rings. The van der Waals surface area contributed by atoms with Crippen LogP contribution < -0.4 is 10.1 Å². The fourth-order valence-corrected chi connectivity index (χ4v) is 1.90. The van der Waals surface area contributed by atoms with Crippen LogP contribution in [0.4, 0.5) is 8.78 Å². The topological polar surface area (TPSA) is 21.3 Å². The lowest BCUT2D eigenvalue weighted by Gasteiger charge is -2.15. The number of nitrogens with one attached hydrogen (secondary N) is 1. The van der Waals surface area contributed by atoms with Gasteiger partial charge in [-0.2, -0.15) is 0 Å². The third-order valence-electron chi connectivity index (χ3n) is 3.09. The number of hydrogen-bond donors (Lipinski definition) is 1.